The number of amides is 1. The molecule has 0 unspecified atom stereocenters. The minimum atomic E-state index is -0.123. The summed E-state index contributed by atoms with van der Waals surface area (Å²) >= 11 is 6.96. The molecule has 1 N–H and O–H groups in total. The van der Waals surface area contributed by atoms with Gasteiger partial charge in [0.1, 0.15) is 5.88 Å². The Morgan fingerprint density at radius 3 is 2.92 bits per heavy atom. The van der Waals surface area contributed by atoms with Gasteiger partial charge in [-0.1, -0.05) is 0 Å². The zero-order valence-corrected chi connectivity index (χ0v) is 8.34. The zero-order valence-electron chi connectivity index (χ0n) is 6.76. The Morgan fingerprint density at radius 1 is 1.67 bits per heavy atom. The van der Waals surface area contributed by atoms with Crippen LogP contribution in [-0.4, -0.2) is 11.8 Å². The topological polar surface area (TPSA) is 29.1 Å². The second kappa shape index (κ2) is 4.48. The fraction of sp³-hybridized carbons (Fsp3) is 0.375. The lowest BCUT2D eigenvalue weighted by atomic mass is 10.2. The van der Waals surface area contributed by atoms with Gasteiger partial charge < -0.3 is 5.32 Å². The highest BCUT2D eigenvalue weighted by Gasteiger charge is 2.01. The van der Waals surface area contributed by atoms with Gasteiger partial charge in [-0.15, -0.1) is 11.6 Å². The molecular formula is C8H10ClNOS. The highest BCUT2D eigenvalue weighted by atomic mass is 35.5. The molecule has 66 valence electrons. The van der Waals surface area contributed by atoms with E-state index in [0.29, 0.717) is 6.54 Å². The Hall–Kier alpha value is -0.540. The molecule has 0 bridgehead atoms. The first-order chi connectivity index (χ1) is 5.74. The van der Waals surface area contributed by atoms with Crippen molar-refractivity contribution in [3.8, 4) is 0 Å². The van der Waals surface area contributed by atoms with Crippen LogP contribution >= 0.6 is 22.9 Å². The average molecular weight is 204 g/mol. The zero-order chi connectivity index (χ0) is 8.97. The fourth-order valence-electron chi connectivity index (χ4n) is 0.809. The summed E-state index contributed by atoms with van der Waals surface area (Å²) in [4.78, 5) is 10.8. The number of hydrogen-bond donors (Lipinski definition) is 1. The molecular weight excluding hydrogens is 194 g/mol. The highest BCUT2D eigenvalue weighted by Crippen LogP contribution is 2.12. The Labute approximate surface area is 80.5 Å². The van der Waals surface area contributed by atoms with Crippen molar-refractivity contribution >= 4 is 28.8 Å². The van der Waals surface area contributed by atoms with Crippen LogP contribution in [0.3, 0.4) is 0 Å². The molecule has 0 atom stereocenters. The van der Waals surface area contributed by atoms with Gasteiger partial charge in [-0.25, -0.2) is 0 Å². The maximum absolute atomic E-state index is 10.8. The number of hydrogen-bond acceptors (Lipinski definition) is 2. The second-order valence-corrected chi connectivity index (χ2v) is 3.50. The summed E-state index contributed by atoms with van der Waals surface area (Å²) in [6.45, 7) is 2.61. The van der Waals surface area contributed by atoms with Crippen molar-refractivity contribution in [3.05, 3.63) is 21.9 Å². The molecule has 4 heteroatoms. The molecule has 0 fully saturated rings. The molecule has 0 spiro atoms. The van der Waals surface area contributed by atoms with Crippen molar-refractivity contribution in [3.63, 3.8) is 0 Å². The summed E-state index contributed by atoms with van der Waals surface area (Å²) in [6, 6.07) is 0. The van der Waals surface area contributed by atoms with Crippen molar-refractivity contribution < 1.29 is 4.79 Å². The molecule has 0 radical (unpaired) electrons. The summed E-state index contributed by atoms with van der Waals surface area (Å²) in [6.07, 6.45) is 0. The predicted octanol–water partition coefficient (Wildman–Crippen LogP) is 1.91. The fourth-order valence-corrected chi connectivity index (χ4v) is 1.76. The largest absolute Gasteiger partial charge is 0.351 e. The van der Waals surface area contributed by atoms with Crippen molar-refractivity contribution in [1.29, 1.82) is 0 Å². The Kier molecular flexibility index (Phi) is 3.56. The van der Waals surface area contributed by atoms with E-state index in [0.717, 1.165) is 0 Å². The summed E-state index contributed by atoms with van der Waals surface area (Å²) < 4.78 is 0. The minimum Gasteiger partial charge on any atom is -0.351 e. The minimum absolute atomic E-state index is 0.0309. The predicted molar refractivity (Wildman–Crippen MR) is 51.6 cm³/mol. The van der Waals surface area contributed by atoms with Crippen molar-refractivity contribution in [1.82, 2.24) is 5.32 Å². The average Bonchev–Trinajstić information content (AvgIpc) is 2.47. The van der Waals surface area contributed by atoms with E-state index >= 15 is 0 Å². The number of alkyl halides is 1. The summed E-state index contributed by atoms with van der Waals surface area (Å²) in [5, 5.41) is 6.80. The summed E-state index contributed by atoms with van der Waals surface area (Å²) in [5.41, 5.74) is 2.38. The number of carbonyl (C=O) groups excluding carboxylic acids is 1. The normalized spacial score (nSPS) is 9.83. The molecule has 1 aromatic heterocycles. The third-order valence-corrected chi connectivity index (χ3v) is 2.71. The quantitative estimate of drug-likeness (QED) is 0.748. The van der Waals surface area contributed by atoms with Gasteiger partial charge in [0.15, 0.2) is 0 Å². The highest BCUT2D eigenvalue weighted by molar-refractivity contribution is 7.08. The van der Waals surface area contributed by atoms with Gasteiger partial charge in [0.25, 0.3) is 0 Å². The molecule has 0 saturated heterocycles. The first kappa shape index (κ1) is 9.55. The molecule has 2 nitrogen and oxygen atoms in total. The van der Waals surface area contributed by atoms with E-state index in [9.17, 15) is 4.79 Å². The number of nitrogens with one attached hydrogen (secondary N) is 1. The van der Waals surface area contributed by atoms with Gasteiger partial charge in [-0.3, -0.25) is 4.79 Å². The van der Waals surface area contributed by atoms with E-state index in [-0.39, 0.29) is 11.8 Å². The van der Waals surface area contributed by atoms with E-state index in [1.165, 1.54) is 11.1 Å². The van der Waals surface area contributed by atoms with Gasteiger partial charge in [0, 0.05) is 6.54 Å². The molecule has 1 rings (SSSR count). The molecule has 1 aromatic rings. The van der Waals surface area contributed by atoms with E-state index in [1.807, 2.05) is 12.3 Å². The van der Waals surface area contributed by atoms with Gasteiger partial charge in [-0.2, -0.15) is 11.3 Å². The van der Waals surface area contributed by atoms with Crippen LogP contribution in [0.15, 0.2) is 10.8 Å². The SMILES string of the molecule is Cc1cscc1CNC(=O)CCl. The van der Waals surface area contributed by atoms with Gasteiger partial charge in [0.2, 0.25) is 5.91 Å². The third-order valence-electron chi connectivity index (χ3n) is 1.56. The van der Waals surface area contributed by atoms with E-state index in [2.05, 4.69) is 10.7 Å². The molecule has 0 aromatic carbocycles. The van der Waals surface area contributed by atoms with Crippen LogP contribution in [0.2, 0.25) is 0 Å². The van der Waals surface area contributed by atoms with Crippen LogP contribution in [-0.2, 0) is 11.3 Å². The lowest BCUT2D eigenvalue weighted by Gasteiger charge is -2.01. The van der Waals surface area contributed by atoms with E-state index < -0.39 is 0 Å². The van der Waals surface area contributed by atoms with Crippen LogP contribution < -0.4 is 5.32 Å². The van der Waals surface area contributed by atoms with Crippen molar-refractivity contribution in [2.24, 2.45) is 0 Å². The van der Waals surface area contributed by atoms with Gasteiger partial charge >= 0.3 is 0 Å². The Morgan fingerprint density at radius 2 is 2.42 bits per heavy atom. The van der Waals surface area contributed by atoms with Crippen LogP contribution in [0.25, 0.3) is 0 Å². The first-order valence-corrected chi connectivity index (χ1v) is 5.06. The summed E-state index contributed by atoms with van der Waals surface area (Å²) in [5.74, 6) is -0.0920. The number of thiophene rings is 1. The van der Waals surface area contributed by atoms with Crippen LogP contribution in [0, 0.1) is 6.92 Å². The van der Waals surface area contributed by atoms with E-state index in [1.54, 1.807) is 11.3 Å². The molecule has 0 aliphatic carbocycles. The maximum atomic E-state index is 10.8. The first-order valence-electron chi connectivity index (χ1n) is 3.58. The van der Waals surface area contributed by atoms with Crippen LogP contribution in [0.1, 0.15) is 11.1 Å². The molecule has 0 saturated carbocycles. The lowest BCUT2D eigenvalue weighted by molar-refractivity contribution is -0.118. The molecule has 0 aliphatic rings. The number of aryl methyl sites for hydroxylation is 1. The smallest absolute Gasteiger partial charge is 0.235 e. The number of halogens is 1. The molecule has 12 heavy (non-hydrogen) atoms. The molecule has 1 amide bonds. The Balaban J connectivity index is 2.43. The van der Waals surface area contributed by atoms with Crippen LogP contribution in [0.5, 0.6) is 0 Å². The van der Waals surface area contributed by atoms with E-state index in [4.69, 9.17) is 11.6 Å². The summed E-state index contributed by atoms with van der Waals surface area (Å²) in [7, 11) is 0. The standard InChI is InChI=1S/C8H10ClNOS/c1-6-4-12-5-7(6)3-10-8(11)2-9/h4-5H,2-3H2,1H3,(H,10,11). The van der Waals surface area contributed by atoms with Crippen molar-refractivity contribution in [2.45, 2.75) is 13.5 Å². The maximum Gasteiger partial charge on any atom is 0.235 e. The monoisotopic (exact) mass is 203 g/mol. The third kappa shape index (κ3) is 2.50. The Bertz CT molecular complexity index is 272. The van der Waals surface area contributed by atoms with Crippen LogP contribution in [0.4, 0.5) is 0 Å². The number of rotatable bonds is 3. The van der Waals surface area contributed by atoms with Crippen molar-refractivity contribution in [2.75, 3.05) is 5.88 Å². The van der Waals surface area contributed by atoms with Gasteiger partial charge in [0.05, 0.1) is 0 Å². The molecule has 1 heterocycles. The second-order valence-electron chi connectivity index (χ2n) is 2.49. The lowest BCUT2D eigenvalue weighted by Crippen LogP contribution is -2.23. The van der Waals surface area contributed by atoms with Gasteiger partial charge in [-0.05, 0) is 28.8 Å². The number of carbonyl (C=O) groups is 1. The molecule has 0 aliphatic heterocycles.